The van der Waals surface area contributed by atoms with E-state index in [9.17, 15) is 10.2 Å². The van der Waals surface area contributed by atoms with Gasteiger partial charge in [0.1, 0.15) is 11.5 Å². The zero-order chi connectivity index (χ0) is 27.7. The van der Waals surface area contributed by atoms with Gasteiger partial charge in [0.2, 0.25) is 0 Å². The van der Waals surface area contributed by atoms with Crippen molar-refractivity contribution in [2.45, 2.75) is 78.1 Å². The molecule has 0 unspecified atom stereocenters. The van der Waals surface area contributed by atoms with Crippen LogP contribution in [0.25, 0.3) is 32.3 Å². The highest BCUT2D eigenvalue weighted by atomic mass is 31.0. The number of aromatic hydroxyl groups is 2. The first-order valence-corrected chi connectivity index (χ1v) is 16.7. The summed E-state index contributed by atoms with van der Waals surface area (Å²) in [6.07, 6.45) is 12.6. The van der Waals surface area contributed by atoms with Crippen molar-refractivity contribution in [3.8, 4) is 43.8 Å². The van der Waals surface area contributed by atoms with Crippen molar-refractivity contribution < 1.29 is 10.2 Å². The summed E-state index contributed by atoms with van der Waals surface area (Å²) >= 11 is 0. The van der Waals surface area contributed by atoms with Crippen LogP contribution in [0.1, 0.15) is 76.3 Å². The van der Waals surface area contributed by atoms with Gasteiger partial charge < -0.3 is 10.2 Å². The van der Waals surface area contributed by atoms with E-state index in [-0.39, 0.29) is 0 Å². The standard InChI is InChI=1S/C36H40O2P2/c1-35(15-7-8-16-35)23-25-19-31(27-11-3-5-13-29(27)37)39-33(21-25)34-22-26(24-36(2)17-9-10-18-36)20-32(40-34)28-12-4-6-14-30(28)38/h3-6,11-14,19-22,37-38H,7-10,15-18,23-24H2,1-2H3. The highest BCUT2D eigenvalue weighted by molar-refractivity contribution is 7.43. The van der Waals surface area contributed by atoms with Crippen molar-refractivity contribution >= 4 is 16.4 Å². The molecule has 2 N–H and O–H groups in total. The molecule has 4 heteroatoms. The molecule has 6 rings (SSSR count). The summed E-state index contributed by atoms with van der Waals surface area (Å²) in [6, 6.07) is 25.1. The van der Waals surface area contributed by atoms with Gasteiger partial charge in [-0.15, -0.1) is 0 Å². The van der Waals surface area contributed by atoms with Crippen molar-refractivity contribution in [2.24, 2.45) is 10.8 Å². The molecule has 206 valence electrons. The predicted octanol–water partition coefficient (Wildman–Crippen LogP) is 11.5. The molecule has 2 fully saturated rings. The number of rotatable bonds is 7. The van der Waals surface area contributed by atoms with Crippen LogP contribution in [0.5, 0.6) is 11.5 Å². The average molecular weight is 567 g/mol. The van der Waals surface area contributed by atoms with Crippen LogP contribution in [0.3, 0.4) is 0 Å². The lowest BCUT2D eigenvalue weighted by Crippen LogP contribution is -2.14. The van der Waals surface area contributed by atoms with E-state index < -0.39 is 0 Å². The van der Waals surface area contributed by atoms with Crippen LogP contribution in [0.2, 0.25) is 0 Å². The number of phenolic OH excluding ortho intramolecular Hbond substituents is 2. The molecule has 2 heterocycles. The molecule has 0 aliphatic heterocycles. The Morgan fingerprint density at radius 2 is 0.900 bits per heavy atom. The molecule has 2 aromatic heterocycles. The molecule has 4 aromatic rings. The molecule has 0 atom stereocenters. The van der Waals surface area contributed by atoms with Crippen LogP contribution in [0.4, 0.5) is 0 Å². The highest BCUT2D eigenvalue weighted by Gasteiger charge is 2.30. The van der Waals surface area contributed by atoms with Crippen LogP contribution in [-0.2, 0) is 12.8 Å². The third-order valence-electron chi connectivity index (χ3n) is 9.28. The molecule has 0 radical (unpaired) electrons. The Balaban J connectivity index is 1.50. The topological polar surface area (TPSA) is 40.5 Å². The number of hydrogen-bond donors (Lipinski definition) is 2. The van der Waals surface area contributed by atoms with Gasteiger partial charge in [-0.3, -0.25) is 0 Å². The minimum Gasteiger partial charge on any atom is -0.507 e. The smallest absolute Gasteiger partial charge is 0.123 e. The largest absolute Gasteiger partial charge is 0.507 e. The van der Waals surface area contributed by atoms with Gasteiger partial charge in [-0.25, -0.2) is 0 Å². The third-order valence-corrected chi connectivity index (χ3v) is 11.9. The number of benzene rings is 2. The quantitative estimate of drug-likeness (QED) is 0.234. The van der Waals surface area contributed by atoms with Gasteiger partial charge in [-0.2, -0.15) is 0 Å². The lowest BCUT2D eigenvalue weighted by molar-refractivity contribution is 0.334. The van der Waals surface area contributed by atoms with E-state index in [1.807, 2.05) is 36.4 Å². The van der Waals surface area contributed by atoms with Crippen LogP contribution in [0, 0.1) is 10.8 Å². The maximum atomic E-state index is 10.8. The fraction of sp³-hybridized carbons (Fsp3) is 0.389. The molecule has 0 spiro atoms. The lowest BCUT2D eigenvalue weighted by Gasteiger charge is -2.25. The molecule has 2 aromatic carbocycles. The van der Waals surface area contributed by atoms with E-state index in [0.717, 1.165) is 40.4 Å². The second kappa shape index (κ2) is 11.3. The number of phenols is 2. The first-order chi connectivity index (χ1) is 19.3. The first kappa shape index (κ1) is 27.5. The molecule has 0 saturated heterocycles. The maximum absolute atomic E-state index is 10.8. The SMILES string of the molecule is CC1(Cc2cc(-c3cc(CC4(C)CCCC4)cc(-c4ccccc4O)p3)pc(-c3ccccc3O)c2)CCCC1. The summed E-state index contributed by atoms with van der Waals surface area (Å²) < 4.78 is 0. The van der Waals surface area contributed by atoms with Crippen LogP contribution in [0.15, 0.2) is 72.8 Å². The van der Waals surface area contributed by atoms with Crippen molar-refractivity contribution in [3.05, 3.63) is 83.9 Å². The highest BCUT2D eigenvalue weighted by Crippen LogP contribution is 2.50. The van der Waals surface area contributed by atoms with Gasteiger partial charge in [0.15, 0.2) is 0 Å². The van der Waals surface area contributed by atoms with Crippen LogP contribution >= 0.6 is 16.4 Å². The monoisotopic (exact) mass is 566 g/mol. The van der Waals surface area contributed by atoms with Crippen molar-refractivity contribution in [3.63, 3.8) is 0 Å². The fourth-order valence-corrected chi connectivity index (χ4v) is 9.81. The number of hydrogen-bond acceptors (Lipinski definition) is 2. The van der Waals surface area contributed by atoms with Gasteiger partial charge in [0.25, 0.3) is 0 Å². The van der Waals surface area contributed by atoms with Crippen molar-refractivity contribution in [1.29, 1.82) is 0 Å². The second-order valence-corrected chi connectivity index (χ2v) is 15.3. The fourth-order valence-electron chi connectivity index (χ4n) is 7.09. The maximum Gasteiger partial charge on any atom is 0.123 e. The van der Waals surface area contributed by atoms with Gasteiger partial charge >= 0.3 is 0 Å². The zero-order valence-electron chi connectivity index (χ0n) is 23.8. The Morgan fingerprint density at radius 1 is 0.550 bits per heavy atom. The third kappa shape index (κ3) is 6.00. The lowest BCUT2D eigenvalue weighted by atomic mass is 9.82. The van der Waals surface area contributed by atoms with Gasteiger partial charge in [-0.05, 0) is 96.9 Å². The Hall–Kier alpha value is -2.66. The molecule has 2 aliphatic carbocycles. The first-order valence-electron chi connectivity index (χ1n) is 14.9. The minimum atomic E-state index is 0.347. The van der Waals surface area contributed by atoms with E-state index >= 15 is 0 Å². The summed E-state index contributed by atoms with van der Waals surface area (Å²) in [4.78, 5) is 0. The molecule has 0 bridgehead atoms. The number of para-hydroxylation sites is 2. The van der Waals surface area contributed by atoms with Crippen LogP contribution < -0.4 is 0 Å². The Labute approximate surface area is 242 Å². The van der Waals surface area contributed by atoms with E-state index in [0.29, 0.717) is 22.3 Å². The zero-order valence-corrected chi connectivity index (χ0v) is 25.6. The van der Waals surface area contributed by atoms with Crippen molar-refractivity contribution in [2.75, 3.05) is 0 Å². The normalized spacial score (nSPS) is 18.1. The molecular weight excluding hydrogens is 526 g/mol. The summed E-state index contributed by atoms with van der Waals surface area (Å²) in [6.45, 7) is 4.90. The molecule has 0 amide bonds. The molecular formula is C36H40O2P2. The molecule has 40 heavy (non-hydrogen) atoms. The van der Waals surface area contributed by atoms with Gasteiger partial charge in [0.05, 0.1) is 0 Å². The van der Waals surface area contributed by atoms with E-state index in [1.165, 1.54) is 83.7 Å². The average Bonchev–Trinajstić information content (AvgIpc) is 3.56. The predicted molar refractivity (Wildman–Crippen MR) is 172 cm³/mol. The van der Waals surface area contributed by atoms with Crippen molar-refractivity contribution in [1.82, 2.24) is 0 Å². The van der Waals surface area contributed by atoms with Gasteiger partial charge in [-0.1, -0.05) is 92.3 Å². The van der Waals surface area contributed by atoms with E-state index in [1.54, 1.807) is 12.1 Å². The summed E-state index contributed by atoms with van der Waals surface area (Å²) in [5.41, 5.74) is 5.29. The Kier molecular flexibility index (Phi) is 7.78. The van der Waals surface area contributed by atoms with E-state index in [4.69, 9.17) is 0 Å². The minimum absolute atomic E-state index is 0.347. The molecule has 2 nitrogen and oxygen atoms in total. The van der Waals surface area contributed by atoms with Gasteiger partial charge in [0, 0.05) is 32.3 Å². The Bertz CT molecular complexity index is 1400. The molecule has 2 saturated carbocycles. The second-order valence-electron chi connectivity index (χ2n) is 12.9. The van der Waals surface area contributed by atoms with E-state index in [2.05, 4.69) is 38.1 Å². The summed E-state index contributed by atoms with van der Waals surface area (Å²) in [7, 11) is 2.25. The Morgan fingerprint density at radius 3 is 1.27 bits per heavy atom. The van der Waals surface area contributed by atoms with Crippen LogP contribution in [-0.4, -0.2) is 10.2 Å². The molecule has 2 aliphatic rings. The summed E-state index contributed by atoms with van der Waals surface area (Å²) in [5.74, 6) is 0.695. The summed E-state index contributed by atoms with van der Waals surface area (Å²) in [5, 5.41) is 26.6.